The van der Waals surface area contributed by atoms with Crippen LogP contribution in [0.5, 0.6) is 0 Å². The molecule has 0 bridgehead atoms. The van der Waals surface area contributed by atoms with Gasteiger partial charge in [0.25, 0.3) is 0 Å². The zero-order valence-corrected chi connectivity index (χ0v) is 9.65. The second kappa shape index (κ2) is 4.12. The summed E-state index contributed by atoms with van der Waals surface area (Å²) in [6.07, 6.45) is -3.34. The number of hydrogen-bond donors (Lipinski definition) is 0. The average molecular weight is 261 g/mol. The largest absolute Gasteiger partial charge is 0.435 e. The van der Waals surface area contributed by atoms with Gasteiger partial charge in [-0.05, 0) is 16.3 Å². The lowest BCUT2D eigenvalue weighted by molar-refractivity contribution is -0.0572. The molecule has 2 aromatic rings. The van der Waals surface area contributed by atoms with Crippen molar-refractivity contribution in [2.24, 2.45) is 5.10 Å². The Hall–Kier alpha value is -2.30. The SMILES string of the molecule is FC(F)(F)C1=N[N]C=C1c1cccc2ccccc12. The van der Waals surface area contributed by atoms with E-state index in [0.29, 0.717) is 5.56 Å². The van der Waals surface area contributed by atoms with Crippen LogP contribution in [0.2, 0.25) is 0 Å². The normalized spacial score (nSPS) is 15.1. The number of hydrogen-bond acceptors (Lipinski definition) is 1. The topological polar surface area (TPSA) is 26.5 Å². The fraction of sp³-hybridized carbons (Fsp3) is 0.0714. The number of nitrogens with zero attached hydrogens (tertiary/aromatic N) is 2. The van der Waals surface area contributed by atoms with Gasteiger partial charge in [-0.2, -0.15) is 18.6 Å². The molecule has 0 aliphatic carbocycles. The summed E-state index contributed by atoms with van der Waals surface area (Å²) >= 11 is 0. The molecule has 19 heavy (non-hydrogen) atoms. The lowest BCUT2D eigenvalue weighted by Crippen LogP contribution is -2.22. The van der Waals surface area contributed by atoms with Crippen LogP contribution in [-0.2, 0) is 0 Å². The summed E-state index contributed by atoms with van der Waals surface area (Å²) in [5.41, 5.74) is 2.97. The highest BCUT2D eigenvalue weighted by Gasteiger charge is 2.41. The Kier molecular flexibility index (Phi) is 2.55. The molecule has 1 aliphatic heterocycles. The van der Waals surface area contributed by atoms with Gasteiger partial charge in [-0.3, -0.25) is 0 Å². The second-order valence-electron chi connectivity index (χ2n) is 4.13. The monoisotopic (exact) mass is 261 g/mol. The molecule has 2 aromatic carbocycles. The Bertz CT molecular complexity index is 694. The Morgan fingerprint density at radius 2 is 1.63 bits per heavy atom. The maximum Gasteiger partial charge on any atom is 0.435 e. The average Bonchev–Trinajstić information content (AvgIpc) is 2.87. The molecule has 0 unspecified atom stereocenters. The molecule has 5 heteroatoms. The molecule has 2 nitrogen and oxygen atoms in total. The molecule has 3 rings (SSSR count). The number of rotatable bonds is 1. The van der Waals surface area contributed by atoms with Crippen molar-refractivity contribution in [1.29, 1.82) is 0 Å². The van der Waals surface area contributed by atoms with Crippen molar-refractivity contribution in [3.05, 3.63) is 54.2 Å². The van der Waals surface area contributed by atoms with Crippen molar-refractivity contribution < 1.29 is 13.2 Å². The van der Waals surface area contributed by atoms with E-state index in [-0.39, 0.29) is 5.57 Å². The smallest absolute Gasteiger partial charge is 0.164 e. The first kappa shape index (κ1) is 11.8. The maximum atomic E-state index is 12.9. The highest BCUT2D eigenvalue weighted by Crippen LogP contribution is 2.33. The van der Waals surface area contributed by atoms with Gasteiger partial charge in [-0.15, -0.1) is 5.10 Å². The summed E-state index contributed by atoms with van der Waals surface area (Å²) in [7, 11) is 0. The zero-order chi connectivity index (χ0) is 13.5. The molecule has 0 saturated heterocycles. The first-order valence-electron chi connectivity index (χ1n) is 5.61. The Morgan fingerprint density at radius 3 is 2.42 bits per heavy atom. The molecule has 0 fully saturated rings. The van der Waals surface area contributed by atoms with E-state index in [1.165, 1.54) is 0 Å². The van der Waals surface area contributed by atoms with E-state index in [0.717, 1.165) is 17.0 Å². The Morgan fingerprint density at radius 1 is 0.895 bits per heavy atom. The van der Waals surface area contributed by atoms with Crippen LogP contribution in [0, 0.1) is 0 Å². The number of allylic oxidation sites excluding steroid dienone is 1. The number of halogens is 3. The minimum absolute atomic E-state index is 0.0179. The molecule has 0 N–H and O–H groups in total. The lowest BCUT2D eigenvalue weighted by atomic mass is 9.96. The van der Waals surface area contributed by atoms with E-state index in [1.54, 1.807) is 24.3 Å². The summed E-state index contributed by atoms with van der Waals surface area (Å²) < 4.78 is 38.6. The molecule has 0 atom stereocenters. The van der Waals surface area contributed by atoms with E-state index in [9.17, 15) is 13.2 Å². The van der Waals surface area contributed by atoms with Crippen LogP contribution in [0.3, 0.4) is 0 Å². The van der Waals surface area contributed by atoms with Gasteiger partial charge in [0.2, 0.25) is 0 Å². The summed E-state index contributed by atoms with van der Waals surface area (Å²) in [6.45, 7) is 0. The summed E-state index contributed by atoms with van der Waals surface area (Å²) in [6, 6.07) is 12.5. The molecule has 0 spiro atoms. The fourth-order valence-corrected chi connectivity index (χ4v) is 2.13. The van der Waals surface area contributed by atoms with E-state index in [4.69, 9.17) is 0 Å². The Labute approximate surface area is 107 Å². The van der Waals surface area contributed by atoms with Gasteiger partial charge in [0, 0.05) is 5.57 Å². The quantitative estimate of drug-likeness (QED) is 0.748. The molecule has 95 valence electrons. The van der Waals surface area contributed by atoms with Crippen molar-refractivity contribution in [2.75, 3.05) is 0 Å². The predicted octanol–water partition coefficient (Wildman–Crippen LogP) is 3.72. The van der Waals surface area contributed by atoms with Crippen LogP contribution < -0.4 is 5.43 Å². The standard InChI is InChI=1S/C14H8F3N2/c15-14(16,17)13-12(8-18-19-13)11-7-3-5-9-4-1-2-6-10(9)11/h1-8H. The third-order valence-corrected chi connectivity index (χ3v) is 2.95. The van der Waals surface area contributed by atoms with Crippen LogP contribution in [-0.4, -0.2) is 11.9 Å². The Balaban J connectivity index is 2.19. The lowest BCUT2D eigenvalue weighted by Gasteiger charge is -2.11. The molecular weight excluding hydrogens is 253 g/mol. The molecule has 0 saturated carbocycles. The number of alkyl halides is 3. The molecule has 1 radical (unpaired) electrons. The highest BCUT2D eigenvalue weighted by molar-refractivity contribution is 6.29. The minimum atomic E-state index is -4.50. The van der Waals surface area contributed by atoms with Crippen LogP contribution in [0.1, 0.15) is 5.56 Å². The van der Waals surface area contributed by atoms with Gasteiger partial charge in [-0.1, -0.05) is 42.5 Å². The first-order chi connectivity index (χ1) is 9.07. The summed E-state index contributed by atoms with van der Waals surface area (Å²) in [4.78, 5) is 0. The maximum absolute atomic E-state index is 12.9. The third-order valence-electron chi connectivity index (χ3n) is 2.95. The van der Waals surface area contributed by atoms with Crippen LogP contribution in [0.25, 0.3) is 16.3 Å². The van der Waals surface area contributed by atoms with Gasteiger partial charge in [0.15, 0.2) is 5.71 Å². The van der Waals surface area contributed by atoms with Crippen LogP contribution >= 0.6 is 0 Å². The number of fused-ring (bicyclic) bond motifs is 1. The van der Waals surface area contributed by atoms with Gasteiger partial charge in [0.1, 0.15) is 0 Å². The van der Waals surface area contributed by atoms with Crippen molar-refractivity contribution in [2.45, 2.75) is 6.18 Å². The van der Waals surface area contributed by atoms with Crippen LogP contribution in [0.4, 0.5) is 13.2 Å². The highest BCUT2D eigenvalue weighted by atomic mass is 19.4. The van der Waals surface area contributed by atoms with Gasteiger partial charge >= 0.3 is 6.18 Å². The fourth-order valence-electron chi connectivity index (χ4n) is 2.13. The minimum Gasteiger partial charge on any atom is -0.164 e. The molecule has 1 aliphatic rings. The second-order valence-corrected chi connectivity index (χ2v) is 4.13. The van der Waals surface area contributed by atoms with E-state index in [1.807, 2.05) is 18.2 Å². The first-order valence-corrected chi connectivity index (χ1v) is 5.61. The zero-order valence-electron chi connectivity index (χ0n) is 9.65. The van der Waals surface area contributed by atoms with E-state index < -0.39 is 11.9 Å². The predicted molar refractivity (Wildman–Crippen MR) is 67.5 cm³/mol. The van der Waals surface area contributed by atoms with E-state index >= 15 is 0 Å². The third kappa shape index (κ3) is 1.97. The molecule has 0 amide bonds. The van der Waals surface area contributed by atoms with Crippen molar-refractivity contribution in [3.8, 4) is 0 Å². The molecule has 0 aromatic heterocycles. The summed E-state index contributed by atoms with van der Waals surface area (Å²) in [5, 5.41) is 4.83. The molecular formula is C14H8F3N2. The van der Waals surface area contributed by atoms with Gasteiger partial charge in [0.05, 0.1) is 6.20 Å². The molecule has 1 heterocycles. The number of benzene rings is 2. The van der Waals surface area contributed by atoms with Gasteiger partial charge in [-0.25, -0.2) is 0 Å². The van der Waals surface area contributed by atoms with Crippen molar-refractivity contribution in [3.63, 3.8) is 0 Å². The summed E-state index contributed by atoms with van der Waals surface area (Å²) in [5.74, 6) is 0. The van der Waals surface area contributed by atoms with Crippen molar-refractivity contribution in [1.82, 2.24) is 5.43 Å². The van der Waals surface area contributed by atoms with Crippen molar-refractivity contribution >= 4 is 22.1 Å². The van der Waals surface area contributed by atoms with Crippen LogP contribution in [0.15, 0.2) is 53.8 Å². The van der Waals surface area contributed by atoms with E-state index in [2.05, 4.69) is 10.5 Å². The van der Waals surface area contributed by atoms with Gasteiger partial charge < -0.3 is 0 Å².